The number of hydrogen-bond acceptors (Lipinski definition) is 5. The fraction of sp³-hybridized carbons (Fsp3) is 0.167. The van der Waals surface area contributed by atoms with Crippen molar-refractivity contribution in [3.63, 3.8) is 0 Å². The van der Waals surface area contributed by atoms with Gasteiger partial charge in [-0.25, -0.2) is 9.78 Å². The lowest BCUT2D eigenvalue weighted by atomic mass is 10.1. The Morgan fingerprint density at radius 2 is 2.08 bits per heavy atom. The van der Waals surface area contributed by atoms with E-state index in [1.807, 2.05) is 17.5 Å². The Hall–Kier alpha value is -2.44. The zero-order valence-electron chi connectivity index (χ0n) is 13.2. The number of carbonyl (C=O) groups excluding carboxylic acids is 2. The first-order valence-corrected chi connectivity index (χ1v) is 8.90. The molecular formula is C18H15ClN2O3S. The number of amides is 1. The van der Waals surface area contributed by atoms with E-state index in [0.29, 0.717) is 22.8 Å². The molecule has 0 aliphatic carbocycles. The molecule has 3 rings (SSSR count). The van der Waals surface area contributed by atoms with Gasteiger partial charge in [-0.3, -0.25) is 4.79 Å². The van der Waals surface area contributed by atoms with Gasteiger partial charge in [-0.05, 0) is 48.2 Å². The fourth-order valence-electron chi connectivity index (χ4n) is 2.27. The van der Waals surface area contributed by atoms with Gasteiger partial charge < -0.3 is 10.1 Å². The average molecular weight is 375 g/mol. The molecule has 2 heterocycles. The Morgan fingerprint density at radius 1 is 1.20 bits per heavy atom. The van der Waals surface area contributed by atoms with E-state index in [0.717, 1.165) is 11.8 Å². The van der Waals surface area contributed by atoms with E-state index in [4.69, 9.17) is 16.3 Å². The van der Waals surface area contributed by atoms with Gasteiger partial charge in [0.1, 0.15) is 5.15 Å². The van der Waals surface area contributed by atoms with E-state index >= 15 is 0 Å². The molecule has 3 aromatic rings. The Bertz CT molecular complexity index is 896. The van der Waals surface area contributed by atoms with Crippen molar-refractivity contribution in [3.8, 4) is 0 Å². The number of carbonyl (C=O) groups is 2. The average Bonchev–Trinajstić information content (AvgIpc) is 3.12. The maximum Gasteiger partial charge on any atom is 0.338 e. The van der Waals surface area contributed by atoms with Gasteiger partial charge in [0.15, 0.2) is 6.61 Å². The van der Waals surface area contributed by atoms with Crippen molar-refractivity contribution < 1.29 is 14.3 Å². The standard InChI is InChI=1S/C18H15ClN2O3S/c19-16-6-4-12-10-13(3-5-15(12)21-16)18(23)24-11-17(22)20-8-7-14-2-1-9-25-14/h1-6,9-10H,7-8,11H2,(H,20,22). The maximum atomic E-state index is 12.1. The molecule has 0 unspecified atom stereocenters. The molecule has 1 N–H and O–H groups in total. The third-order valence-electron chi connectivity index (χ3n) is 3.50. The number of nitrogens with zero attached hydrogens (tertiary/aromatic N) is 1. The molecule has 0 atom stereocenters. The number of benzene rings is 1. The zero-order valence-corrected chi connectivity index (χ0v) is 14.8. The van der Waals surface area contributed by atoms with Crippen molar-refractivity contribution in [1.82, 2.24) is 10.3 Å². The number of pyridine rings is 1. The Kier molecular flexibility index (Phi) is 5.63. The minimum absolute atomic E-state index is 0.305. The topological polar surface area (TPSA) is 68.3 Å². The van der Waals surface area contributed by atoms with Crippen LogP contribution in [0, 0.1) is 0 Å². The molecule has 0 aliphatic heterocycles. The smallest absolute Gasteiger partial charge is 0.338 e. The van der Waals surface area contributed by atoms with Gasteiger partial charge in [0.2, 0.25) is 0 Å². The van der Waals surface area contributed by atoms with Crippen LogP contribution in [-0.2, 0) is 16.0 Å². The van der Waals surface area contributed by atoms with E-state index < -0.39 is 5.97 Å². The number of rotatable bonds is 6. The van der Waals surface area contributed by atoms with Gasteiger partial charge >= 0.3 is 5.97 Å². The fourth-order valence-corrected chi connectivity index (χ4v) is 3.14. The van der Waals surface area contributed by atoms with E-state index in [2.05, 4.69) is 10.3 Å². The molecule has 128 valence electrons. The quantitative estimate of drug-likeness (QED) is 0.530. The highest BCUT2D eigenvalue weighted by Crippen LogP contribution is 2.17. The summed E-state index contributed by atoms with van der Waals surface area (Å²) in [5.74, 6) is -0.871. The first kappa shape index (κ1) is 17.4. The second-order valence-corrected chi connectivity index (χ2v) is 6.72. The molecule has 2 aromatic heterocycles. The SMILES string of the molecule is O=C(COC(=O)c1ccc2nc(Cl)ccc2c1)NCCc1cccs1. The van der Waals surface area contributed by atoms with Crippen molar-refractivity contribution >= 4 is 45.7 Å². The minimum atomic E-state index is -0.551. The van der Waals surface area contributed by atoms with Crippen LogP contribution < -0.4 is 5.32 Å². The highest BCUT2D eigenvalue weighted by molar-refractivity contribution is 7.09. The highest BCUT2D eigenvalue weighted by atomic mass is 35.5. The number of halogens is 1. The number of esters is 1. The molecule has 0 bridgehead atoms. The zero-order chi connectivity index (χ0) is 17.6. The number of ether oxygens (including phenoxy) is 1. The summed E-state index contributed by atoms with van der Waals surface area (Å²) in [5, 5.41) is 5.89. The van der Waals surface area contributed by atoms with Crippen LogP contribution in [0.2, 0.25) is 5.15 Å². The maximum absolute atomic E-state index is 12.1. The first-order chi connectivity index (χ1) is 12.1. The monoisotopic (exact) mass is 374 g/mol. The molecule has 0 fully saturated rings. The number of thiophene rings is 1. The van der Waals surface area contributed by atoms with Crippen LogP contribution in [-0.4, -0.2) is 30.0 Å². The molecule has 0 aliphatic rings. The van der Waals surface area contributed by atoms with Crippen LogP contribution in [0.1, 0.15) is 15.2 Å². The summed E-state index contributed by atoms with van der Waals surface area (Å²) in [5.41, 5.74) is 1.05. The van der Waals surface area contributed by atoms with Crippen LogP contribution in [0.3, 0.4) is 0 Å². The lowest BCUT2D eigenvalue weighted by Crippen LogP contribution is -2.30. The predicted octanol–water partition coefficient (Wildman–Crippen LogP) is 3.47. The molecule has 0 radical (unpaired) electrons. The van der Waals surface area contributed by atoms with Gasteiger partial charge in [-0.1, -0.05) is 17.7 Å². The Morgan fingerprint density at radius 3 is 2.88 bits per heavy atom. The summed E-state index contributed by atoms with van der Waals surface area (Å²) in [6.07, 6.45) is 0.761. The number of aromatic nitrogens is 1. The van der Waals surface area contributed by atoms with Gasteiger partial charge in [-0.2, -0.15) is 0 Å². The largest absolute Gasteiger partial charge is 0.452 e. The summed E-state index contributed by atoms with van der Waals surface area (Å²) < 4.78 is 5.06. The van der Waals surface area contributed by atoms with E-state index in [1.54, 1.807) is 41.7 Å². The number of fused-ring (bicyclic) bond motifs is 1. The van der Waals surface area contributed by atoms with Crippen LogP contribution in [0.15, 0.2) is 47.8 Å². The number of hydrogen-bond donors (Lipinski definition) is 1. The van der Waals surface area contributed by atoms with Gasteiger partial charge in [0.25, 0.3) is 5.91 Å². The molecule has 0 spiro atoms. The van der Waals surface area contributed by atoms with E-state index in [1.165, 1.54) is 4.88 Å². The summed E-state index contributed by atoms with van der Waals surface area (Å²) >= 11 is 7.48. The van der Waals surface area contributed by atoms with Crippen LogP contribution >= 0.6 is 22.9 Å². The van der Waals surface area contributed by atoms with Crippen molar-refractivity contribution in [3.05, 3.63) is 63.4 Å². The second kappa shape index (κ2) is 8.09. The predicted molar refractivity (Wildman–Crippen MR) is 98.1 cm³/mol. The minimum Gasteiger partial charge on any atom is -0.452 e. The molecule has 7 heteroatoms. The van der Waals surface area contributed by atoms with Crippen LogP contribution in [0.5, 0.6) is 0 Å². The van der Waals surface area contributed by atoms with Gasteiger partial charge in [0, 0.05) is 16.8 Å². The molecule has 1 amide bonds. The highest BCUT2D eigenvalue weighted by Gasteiger charge is 2.11. The second-order valence-electron chi connectivity index (χ2n) is 5.30. The first-order valence-electron chi connectivity index (χ1n) is 7.64. The Labute approximate surface area is 153 Å². The molecule has 0 saturated carbocycles. The third-order valence-corrected chi connectivity index (χ3v) is 4.65. The molecule has 5 nitrogen and oxygen atoms in total. The van der Waals surface area contributed by atoms with E-state index in [-0.39, 0.29) is 12.5 Å². The van der Waals surface area contributed by atoms with Crippen LogP contribution in [0.4, 0.5) is 0 Å². The van der Waals surface area contributed by atoms with Crippen molar-refractivity contribution in [2.24, 2.45) is 0 Å². The van der Waals surface area contributed by atoms with Crippen molar-refractivity contribution in [1.29, 1.82) is 0 Å². The third kappa shape index (κ3) is 4.78. The van der Waals surface area contributed by atoms with E-state index in [9.17, 15) is 9.59 Å². The van der Waals surface area contributed by atoms with Crippen molar-refractivity contribution in [2.45, 2.75) is 6.42 Å². The molecule has 0 saturated heterocycles. The summed E-state index contributed by atoms with van der Waals surface area (Å²) in [4.78, 5) is 29.2. The van der Waals surface area contributed by atoms with Gasteiger partial charge in [-0.15, -0.1) is 11.3 Å². The Balaban J connectivity index is 1.50. The summed E-state index contributed by atoms with van der Waals surface area (Å²) in [7, 11) is 0. The summed E-state index contributed by atoms with van der Waals surface area (Å²) in [6, 6.07) is 12.4. The molecular weight excluding hydrogens is 360 g/mol. The lowest BCUT2D eigenvalue weighted by Gasteiger charge is -2.07. The molecule has 1 aromatic carbocycles. The van der Waals surface area contributed by atoms with Crippen molar-refractivity contribution in [2.75, 3.05) is 13.2 Å². The lowest BCUT2D eigenvalue weighted by molar-refractivity contribution is -0.124. The summed E-state index contributed by atoms with van der Waals surface area (Å²) in [6.45, 7) is 0.208. The number of nitrogens with one attached hydrogen (secondary N) is 1. The normalized spacial score (nSPS) is 10.6. The van der Waals surface area contributed by atoms with Crippen LogP contribution in [0.25, 0.3) is 10.9 Å². The van der Waals surface area contributed by atoms with Gasteiger partial charge in [0.05, 0.1) is 11.1 Å². The molecule has 25 heavy (non-hydrogen) atoms.